The normalized spacial score (nSPS) is 15.4. The first-order valence-corrected chi connectivity index (χ1v) is 8.89. The van der Waals surface area contributed by atoms with E-state index < -0.39 is 5.97 Å². The Morgan fingerprint density at radius 3 is 2.63 bits per heavy atom. The summed E-state index contributed by atoms with van der Waals surface area (Å²) in [6.07, 6.45) is 1.46. The predicted molar refractivity (Wildman–Crippen MR) is 101 cm³/mol. The second kappa shape index (κ2) is 8.49. The third kappa shape index (κ3) is 4.73. The largest absolute Gasteiger partial charge is 0.465 e. The number of amides is 2. The van der Waals surface area contributed by atoms with Crippen LogP contribution < -0.4 is 10.6 Å². The highest BCUT2D eigenvalue weighted by Gasteiger charge is 2.26. The van der Waals surface area contributed by atoms with Crippen molar-refractivity contribution in [2.45, 2.75) is 25.8 Å². The zero-order valence-corrected chi connectivity index (χ0v) is 15.2. The molecule has 27 heavy (non-hydrogen) atoms. The van der Waals surface area contributed by atoms with Crippen molar-refractivity contribution in [2.24, 2.45) is 5.92 Å². The molecule has 1 aliphatic rings. The van der Waals surface area contributed by atoms with Gasteiger partial charge in [-0.15, -0.1) is 0 Å². The van der Waals surface area contributed by atoms with Crippen LogP contribution in [0.3, 0.4) is 0 Å². The number of fused-ring (bicyclic) bond motifs is 1. The Labute approximate surface area is 157 Å². The molecular weight excluding hydrogens is 344 g/mol. The van der Waals surface area contributed by atoms with E-state index in [9.17, 15) is 14.4 Å². The molecule has 0 radical (unpaired) electrons. The summed E-state index contributed by atoms with van der Waals surface area (Å²) in [5.74, 6) is -0.707. The summed E-state index contributed by atoms with van der Waals surface area (Å²) < 4.78 is 4.65. The molecular formula is C21H22N2O4. The number of methoxy groups -OCH3 is 1. The Bertz CT molecular complexity index is 846. The minimum absolute atomic E-state index is 0.0279. The molecule has 2 aromatic carbocycles. The maximum Gasteiger partial charge on any atom is 0.337 e. The molecule has 3 rings (SSSR count). The van der Waals surface area contributed by atoms with E-state index in [4.69, 9.17) is 0 Å². The molecule has 140 valence electrons. The zero-order chi connectivity index (χ0) is 19.2. The molecule has 6 nitrogen and oxygen atoms in total. The summed E-state index contributed by atoms with van der Waals surface area (Å²) in [6, 6.07) is 14.6. The van der Waals surface area contributed by atoms with Crippen molar-refractivity contribution in [1.82, 2.24) is 5.32 Å². The number of carbonyl (C=O) groups excluding carboxylic acids is 3. The van der Waals surface area contributed by atoms with E-state index >= 15 is 0 Å². The van der Waals surface area contributed by atoms with Gasteiger partial charge in [-0.05, 0) is 42.2 Å². The maximum atomic E-state index is 12.2. The van der Waals surface area contributed by atoms with Gasteiger partial charge in [-0.1, -0.05) is 30.3 Å². The van der Waals surface area contributed by atoms with Crippen LogP contribution in [0.2, 0.25) is 0 Å². The fourth-order valence-corrected chi connectivity index (χ4v) is 3.12. The molecule has 0 bridgehead atoms. The van der Waals surface area contributed by atoms with Gasteiger partial charge in [-0.3, -0.25) is 9.59 Å². The van der Waals surface area contributed by atoms with Gasteiger partial charge in [0.15, 0.2) is 0 Å². The van der Waals surface area contributed by atoms with Crippen LogP contribution in [0.4, 0.5) is 5.69 Å². The number of anilines is 1. The Morgan fingerprint density at radius 1 is 1.15 bits per heavy atom. The Morgan fingerprint density at radius 2 is 1.89 bits per heavy atom. The van der Waals surface area contributed by atoms with Crippen LogP contribution in [-0.4, -0.2) is 24.9 Å². The average Bonchev–Trinajstić information content (AvgIpc) is 2.70. The molecule has 1 atom stereocenters. The third-order valence-corrected chi connectivity index (χ3v) is 4.70. The minimum Gasteiger partial charge on any atom is -0.465 e. The molecule has 0 fully saturated rings. The van der Waals surface area contributed by atoms with Gasteiger partial charge in [0.05, 0.1) is 12.7 Å². The zero-order valence-electron chi connectivity index (χ0n) is 15.2. The molecule has 2 N–H and O–H groups in total. The highest BCUT2D eigenvalue weighted by Crippen LogP contribution is 2.27. The van der Waals surface area contributed by atoms with Gasteiger partial charge in [-0.25, -0.2) is 4.79 Å². The van der Waals surface area contributed by atoms with Crippen LogP contribution in [0.25, 0.3) is 0 Å². The fraction of sp³-hybridized carbons (Fsp3) is 0.286. The topological polar surface area (TPSA) is 84.5 Å². The Balaban J connectivity index is 1.46. The Hall–Kier alpha value is -3.15. The van der Waals surface area contributed by atoms with Gasteiger partial charge in [-0.2, -0.15) is 0 Å². The Kier molecular flexibility index (Phi) is 5.86. The van der Waals surface area contributed by atoms with Crippen LogP contribution >= 0.6 is 0 Å². The first-order chi connectivity index (χ1) is 13.1. The predicted octanol–water partition coefficient (Wildman–Crippen LogP) is 2.68. The van der Waals surface area contributed by atoms with Crippen LogP contribution in [0, 0.1) is 5.92 Å². The molecule has 0 aromatic heterocycles. The van der Waals surface area contributed by atoms with Gasteiger partial charge in [0, 0.05) is 24.6 Å². The summed E-state index contributed by atoms with van der Waals surface area (Å²) in [7, 11) is 1.33. The van der Waals surface area contributed by atoms with Crippen molar-refractivity contribution in [3.05, 3.63) is 65.2 Å². The van der Waals surface area contributed by atoms with Gasteiger partial charge in [0.2, 0.25) is 11.8 Å². The number of esters is 1. The molecule has 1 heterocycles. The van der Waals surface area contributed by atoms with E-state index in [-0.39, 0.29) is 17.7 Å². The standard InChI is InChI=1S/C21H22N2O4/c1-27-21(26)15-8-6-14(7-9-15)13-22-19(24)11-10-17-12-16-4-2-3-5-18(16)23-20(17)25/h2-9,17H,10-13H2,1H3,(H,22,24)(H,23,25)/t17-/m0/s1. The van der Waals surface area contributed by atoms with Crippen molar-refractivity contribution in [1.29, 1.82) is 0 Å². The number of hydrogen-bond acceptors (Lipinski definition) is 4. The first-order valence-electron chi connectivity index (χ1n) is 8.89. The van der Waals surface area contributed by atoms with Crippen molar-refractivity contribution in [2.75, 3.05) is 12.4 Å². The van der Waals surface area contributed by atoms with Gasteiger partial charge in [0.1, 0.15) is 0 Å². The van der Waals surface area contributed by atoms with E-state index in [2.05, 4.69) is 15.4 Å². The van der Waals surface area contributed by atoms with Gasteiger partial charge < -0.3 is 15.4 Å². The highest BCUT2D eigenvalue weighted by molar-refractivity contribution is 5.96. The lowest BCUT2D eigenvalue weighted by Crippen LogP contribution is -2.31. The van der Waals surface area contributed by atoms with Crippen molar-refractivity contribution < 1.29 is 19.1 Å². The fourth-order valence-electron chi connectivity index (χ4n) is 3.12. The SMILES string of the molecule is COC(=O)c1ccc(CNC(=O)CC[C@H]2Cc3ccccc3NC2=O)cc1. The number of nitrogens with one attached hydrogen (secondary N) is 2. The van der Waals surface area contributed by atoms with Gasteiger partial charge >= 0.3 is 5.97 Å². The summed E-state index contributed by atoms with van der Waals surface area (Å²) in [4.78, 5) is 35.7. The van der Waals surface area contributed by atoms with Crippen LogP contribution in [0.15, 0.2) is 48.5 Å². The molecule has 0 aliphatic carbocycles. The molecule has 6 heteroatoms. The van der Waals surface area contributed by atoms with Crippen molar-refractivity contribution in [3.63, 3.8) is 0 Å². The summed E-state index contributed by atoms with van der Waals surface area (Å²) in [5.41, 5.74) is 3.32. The number of ether oxygens (including phenoxy) is 1. The van der Waals surface area contributed by atoms with E-state index in [1.807, 2.05) is 24.3 Å². The van der Waals surface area contributed by atoms with Crippen molar-refractivity contribution >= 4 is 23.5 Å². The number of para-hydroxylation sites is 1. The lowest BCUT2D eigenvalue weighted by Gasteiger charge is -2.24. The second-order valence-corrected chi connectivity index (χ2v) is 6.55. The van der Waals surface area contributed by atoms with Crippen LogP contribution in [0.1, 0.15) is 34.3 Å². The van der Waals surface area contributed by atoms with E-state index in [1.54, 1.807) is 24.3 Å². The summed E-state index contributed by atoms with van der Waals surface area (Å²) >= 11 is 0. The van der Waals surface area contributed by atoms with E-state index in [0.717, 1.165) is 16.8 Å². The number of rotatable bonds is 6. The highest BCUT2D eigenvalue weighted by atomic mass is 16.5. The molecule has 0 unspecified atom stereocenters. The average molecular weight is 366 g/mol. The number of benzene rings is 2. The van der Waals surface area contributed by atoms with Crippen molar-refractivity contribution in [3.8, 4) is 0 Å². The molecule has 0 saturated heterocycles. The molecule has 2 amide bonds. The molecule has 0 spiro atoms. The summed E-state index contributed by atoms with van der Waals surface area (Å²) in [6.45, 7) is 0.375. The molecule has 1 aliphatic heterocycles. The monoisotopic (exact) mass is 366 g/mol. The number of carbonyl (C=O) groups is 3. The van der Waals surface area contributed by atoms with Crippen LogP contribution in [-0.2, 0) is 27.3 Å². The maximum absolute atomic E-state index is 12.2. The van der Waals surface area contributed by atoms with E-state index in [0.29, 0.717) is 31.4 Å². The van der Waals surface area contributed by atoms with Gasteiger partial charge in [0.25, 0.3) is 0 Å². The minimum atomic E-state index is -0.391. The quantitative estimate of drug-likeness (QED) is 0.770. The van der Waals surface area contributed by atoms with E-state index in [1.165, 1.54) is 7.11 Å². The third-order valence-electron chi connectivity index (χ3n) is 4.70. The molecule has 0 saturated carbocycles. The van der Waals surface area contributed by atoms with Crippen LogP contribution in [0.5, 0.6) is 0 Å². The summed E-state index contributed by atoms with van der Waals surface area (Å²) in [5, 5.41) is 5.75. The smallest absolute Gasteiger partial charge is 0.337 e. The second-order valence-electron chi connectivity index (χ2n) is 6.55. The first kappa shape index (κ1) is 18.6. The molecule has 2 aromatic rings. The number of hydrogen-bond donors (Lipinski definition) is 2. The lowest BCUT2D eigenvalue weighted by atomic mass is 9.89. The lowest BCUT2D eigenvalue weighted by molar-refractivity contribution is -0.123.